The van der Waals surface area contributed by atoms with Crippen molar-refractivity contribution in [2.24, 2.45) is 10.9 Å². The minimum absolute atomic E-state index is 0.379. The second kappa shape index (κ2) is 9.55. The van der Waals surface area contributed by atoms with Gasteiger partial charge in [-0.1, -0.05) is 19.6 Å². The van der Waals surface area contributed by atoms with Crippen LogP contribution in [-0.4, -0.2) is 32.4 Å². The van der Waals surface area contributed by atoms with Crippen molar-refractivity contribution in [3.8, 4) is 5.75 Å². The van der Waals surface area contributed by atoms with E-state index in [0.29, 0.717) is 19.1 Å². The molecule has 0 saturated heterocycles. The number of rotatable bonds is 7. The summed E-state index contributed by atoms with van der Waals surface area (Å²) < 4.78 is 10.6. The molecule has 2 rings (SSSR count). The molecule has 4 nitrogen and oxygen atoms in total. The van der Waals surface area contributed by atoms with Crippen LogP contribution in [0.1, 0.15) is 19.8 Å². The summed E-state index contributed by atoms with van der Waals surface area (Å²) in [7, 11) is 1.67. The molecule has 1 aliphatic heterocycles. The Morgan fingerprint density at radius 2 is 2.04 bits per heavy atom. The van der Waals surface area contributed by atoms with Crippen molar-refractivity contribution < 1.29 is 9.47 Å². The summed E-state index contributed by atoms with van der Waals surface area (Å²) in [6.07, 6.45) is 6.32. The van der Waals surface area contributed by atoms with Crippen molar-refractivity contribution in [1.82, 2.24) is 0 Å². The Hall–Kier alpha value is -1.72. The third-order valence-corrected chi connectivity index (χ3v) is 4.75. The predicted octanol–water partition coefficient (Wildman–Crippen LogP) is 4.71. The Kier molecular flexibility index (Phi) is 7.40. The molecule has 1 aromatic rings. The molecular formula is C19H26N2O2S. The molecule has 0 bridgehead atoms. The molecule has 1 N–H and O–H groups in total. The van der Waals surface area contributed by atoms with Crippen molar-refractivity contribution >= 4 is 23.3 Å². The van der Waals surface area contributed by atoms with E-state index in [-0.39, 0.29) is 0 Å². The lowest BCUT2D eigenvalue weighted by atomic mass is 10.0. The van der Waals surface area contributed by atoms with Gasteiger partial charge in [0.1, 0.15) is 18.2 Å². The minimum atomic E-state index is 0.379. The summed E-state index contributed by atoms with van der Waals surface area (Å²) in [4.78, 5) is 5.89. The van der Waals surface area contributed by atoms with Crippen molar-refractivity contribution in [3.63, 3.8) is 0 Å². The average Bonchev–Trinajstić information content (AvgIpc) is 2.74. The molecule has 1 atom stereocenters. The van der Waals surface area contributed by atoms with Crippen molar-refractivity contribution in [2.75, 3.05) is 31.9 Å². The molecule has 0 aliphatic carbocycles. The molecule has 1 unspecified atom stereocenters. The largest absolute Gasteiger partial charge is 0.491 e. The standard InChI is InChI=1S/C19H26N2O2S/c1-5-15-6-11-18(24-4)14(2)20-19(15)21-16-7-9-17(10-8-16)23-13-12-22-3/h7-11,15H,2,5-6,12-13H2,1,3-4H3,(H,20,21). The summed E-state index contributed by atoms with van der Waals surface area (Å²) >= 11 is 1.70. The zero-order valence-corrected chi connectivity index (χ0v) is 15.5. The summed E-state index contributed by atoms with van der Waals surface area (Å²) in [5.41, 5.74) is 1.84. The van der Waals surface area contributed by atoms with Crippen LogP contribution in [0.4, 0.5) is 5.69 Å². The van der Waals surface area contributed by atoms with E-state index >= 15 is 0 Å². The third kappa shape index (κ3) is 5.14. The lowest BCUT2D eigenvalue weighted by molar-refractivity contribution is 0.146. The van der Waals surface area contributed by atoms with Crippen molar-refractivity contribution in [2.45, 2.75) is 19.8 Å². The van der Waals surface area contributed by atoms with Gasteiger partial charge >= 0.3 is 0 Å². The van der Waals surface area contributed by atoms with Crippen LogP contribution in [0, 0.1) is 5.92 Å². The first-order valence-electron chi connectivity index (χ1n) is 8.18. The fourth-order valence-corrected chi connectivity index (χ4v) is 3.03. The second-order valence-electron chi connectivity index (χ2n) is 5.55. The van der Waals surface area contributed by atoms with Gasteiger partial charge in [-0.05, 0) is 43.4 Å². The van der Waals surface area contributed by atoms with Crippen molar-refractivity contribution in [1.29, 1.82) is 0 Å². The highest BCUT2D eigenvalue weighted by atomic mass is 32.2. The Morgan fingerprint density at radius 3 is 2.67 bits per heavy atom. The quantitative estimate of drug-likeness (QED) is 0.726. The first-order valence-corrected chi connectivity index (χ1v) is 9.41. The van der Waals surface area contributed by atoms with E-state index in [4.69, 9.17) is 14.5 Å². The van der Waals surface area contributed by atoms with Crippen LogP contribution in [0.3, 0.4) is 0 Å². The highest BCUT2D eigenvalue weighted by Gasteiger charge is 2.18. The molecule has 24 heavy (non-hydrogen) atoms. The molecular weight excluding hydrogens is 320 g/mol. The Balaban J connectivity index is 2.06. The van der Waals surface area contributed by atoms with Crippen LogP contribution < -0.4 is 10.1 Å². The van der Waals surface area contributed by atoms with Crippen LogP contribution in [0.2, 0.25) is 0 Å². The van der Waals surface area contributed by atoms with E-state index in [1.54, 1.807) is 18.9 Å². The van der Waals surface area contributed by atoms with Crippen LogP contribution in [-0.2, 0) is 4.74 Å². The smallest absolute Gasteiger partial charge is 0.119 e. The molecule has 1 aromatic carbocycles. The predicted molar refractivity (Wildman–Crippen MR) is 104 cm³/mol. The maximum absolute atomic E-state index is 5.59. The third-order valence-electron chi connectivity index (χ3n) is 3.91. The Bertz CT molecular complexity index is 608. The lowest BCUT2D eigenvalue weighted by Gasteiger charge is -2.17. The highest BCUT2D eigenvalue weighted by molar-refractivity contribution is 8.02. The van der Waals surface area contributed by atoms with Gasteiger partial charge in [0.15, 0.2) is 0 Å². The van der Waals surface area contributed by atoms with E-state index in [0.717, 1.165) is 40.7 Å². The van der Waals surface area contributed by atoms with Gasteiger partial charge in [-0.3, -0.25) is 0 Å². The first kappa shape index (κ1) is 18.6. The number of methoxy groups -OCH3 is 1. The number of benzene rings is 1. The summed E-state index contributed by atoms with van der Waals surface area (Å²) in [6, 6.07) is 7.93. The van der Waals surface area contributed by atoms with Gasteiger partial charge < -0.3 is 14.8 Å². The molecule has 0 aromatic heterocycles. The summed E-state index contributed by atoms with van der Waals surface area (Å²) in [6.45, 7) is 7.42. The van der Waals surface area contributed by atoms with Gasteiger partial charge in [0.05, 0.1) is 12.3 Å². The number of hydrogen-bond acceptors (Lipinski definition) is 5. The molecule has 0 amide bonds. The number of aliphatic imine (C=N–C) groups is 1. The van der Waals surface area contributed by atoms with E-state index < -0.39 is 0 Å². The lowest BCUT2D eigenvalue weighted by Crippen LogP contribution is -2.22. The molecule has 0 spiro atoms. The topological polar surface area (TPSA) is 42.9 Å². The molecule has 0 radical (unpaired) electrons. The summed E-state index contributed by atoms with van der Waals surface area (Å²) in [5, 5.41) is 3.46. The Labute approximate surface area is 149 Å². The number of amidine groups is 1. The molecule has 5 heteroatoms. The van der Waals surface area contributed by atoms with E-state index in [2.05, 4.69) is 31.2 Å². The van der Waals surface area contributed by atoms with E-state index in [9.17, 15) is 0 Å². The van der Waals surface area contributed by atoms with Crippen LogP contribution in [0.15, 0.2) is 52.5 Å². The normalized spacial score (nSPS) is 17.8. The van der Waals surface area contributed by atoms with Crippen LogP contribution in [0.5, 0.6) is 5.75 Å². The zero-order chi connectivity index (χ0) is 17.4. The van der Waals surface area contributed by atoms with Gasteiger partial charge in [0.2, 0.25) is 0 Å². The summed E-state index contributed by atoms with van der Waals surface area (Å²) in [5.74, 6) is 2.20. The monoisotopic (exact) mass is 346 g/mol. The number of nitrogens with zero attached hydrogens (tertiary/aromatic N) is 1. The molecule has 130 valence electrons. The number of hydrogen-bond donors (Lipinski definition) is 1. The van der Waals surface area contributed by atoms with Gasteiger partial charge in [-0.2, -0.15) is 0 Å². The van der Waals surface area contributed by atoms with Gasteiger partial charge in [-0.15, -0.1) is 11.8 Å². The second-order valence-corrected chi connectivity index (χ2v) is 6.40. The number of allylic oxidation sites excluding steroid dienone is 1. The van der Waals surface area contributed by atoms with Gasteiger partial charge in [0.25, 0.3) is 0 Å². The number of ether oxygens (including phenoxy) is 2. The maximum atomic E-state index is 5.59. The molecule has 0 fully saturated rings. The van der Waals surface area contributed by atoms with E-state index in [1.165, 1.54) is 0 Å². The molecule has 1 aliphatic rings. The molecule has 1 heterocycles. The maximum Gasteiger partial charge on any atom is 0.119 e. The zero-order valence-electron chi connectivity index (χ0n) is 14.7. The number of thioether (sulfide) groups is 1. The number of nitrogens with one attached hydrogen (secondary N) is 1. The van der Waals surface area contributed by atoms with Gasteiger partial charge in [0, 0.05) is 23.6 Å². The molecule has 0 saturated carbocycles. The SMILES string of the molecule is C=C1N=C(Nc2ccc(OCCOC)cc2)C(CC)CC=C1SC. The fourth-order valence-electron chi connectivity index (χ4n) is 2.49. The number of anilines is 1. The Morgan fingerprint density at radius 1 is 1.29 bits per heavy atom. The highest BCUT2D eigenvalue weighted by Crippen LogP contribution is 2.29. The van der Waals surface area contributed by atoms with Crippen LogP contribution in [0.25, 0.3) is 0 Å². The van der Waals surface area contributed by atoms with E-state index in [1.807, 2.05) is 24.3 Å². The van der Waals surface area contributed by atoms with Crippen LogP contribution >= 0.6 is 11.8 Å². The first-order chi connectivity index (χ1) is 11.7. The fraction of sp³-hybridized carbons (Fsp3) is 0.421. The minimum Gasteiger partial charge on any atom is -0.491 e. The van der Waals surface area contributed by atoms with Crippen molar-refractivity contribution in [3.05, 3.63) is 47.5 Å². The van der Waals surface area contributed by atoms with Gasteiger partial charge in [-0.25, -0.2) is 4.99 Å². The average molecular weight is 346 g/mol.